The maximum atomic E-state index is 13.0. The first-order valence-electron chi connectivity index (χ1n) is 8.87. The third-order valence-electron chi connectivity index (χ3n) is 5.20. The molecule has 2 fully saturated rings. The van der Waals surface area contributed by atoms with Crippen LogP contribution in [0.2, 0.25) is 0 Å². The fourth-order valence-corrected chi connectivity index (χ4v) is 3.58. The van der Waals surface area contributed by atoms with Crippen LogP contribution < -0.4 is 0 Å². The van der Waals surface area contributed by atoms with Gasteiger partial charge in [-0.25, -0.2) is 4.39 Å². The van der Waals surface area contributed by atoms with E-state index in [4.69, 9.17) is 0 Å². The summed E-state index contributed by atoms with van der Waals surface area (Å²) in [5, 5.41) is 0. The van der Waals surface area contributed by atoms with Gasteiger partial charge in [-0.3, -0.25) is 9.69 Å². The summed E-state index contributed by atoms with van der Waals surface area (Å²) in [6.45, 7) is 1.28. The van der Waals surface area contributed by atoms with Crippen LogP contribution in [0.15, 0.2) is 24.3 Å². The van der Waals surface area contributed by atoms with Gasteiger partial charge in [0.15, 0.2) is 0 Å². The van der Waals surface area contributed by atoms with Gasteiger partial charge in [0.25, 0.3) is 0 Å². The van der Waals surface area contributed by atoms with Gasteiger partial charge in [-0.2, -0.15) is 0 Å². The molecule has 4 heteroatoms. The Bertz CT molecular complexity index is 521. The highest BCUT2D eigenvalue weighted by molar-refractivity contribution is 5.78. The SMILES string of the molecule is CN(CC(=O)N(CCc1ccc(F)cc1)C1CCCC1)C1CC1. The van der Waals surface area contributed by atoms with E-state index in [1.165, 1.54) is 37.8 Å². The van der Waals surface area contributed by atoms with Crippen molar-refractivity contribution in [2.75, 3.05) is 20.1 Å². The Morgan fingerprint density at radius 3 is 2.35 bits per heavy atom. The number of carbonyl (C=O) groups is 1. The Labute approximate surface area is 138 Å². The number of hydrogen-bond acceptors (Lipinski definition) is 2. The summed E-state index contributed by atoms with van der Waals surface area (Å²) >= 11 is 0. The Hall–Kier alpha value is -1.42. The topological polar surface area (TPSA) is 23.6 Å². The van der Waals surface area contributed by atoms with E-state index in [1.54, 1.807) is 0 Å². The number of carbonyl (C=O) groups excluding carboxylic acids is 1. The van der Waals surface area contributed by atoms with Gasteiger partial charge in [-0.05, 0) is 56.8 Å². The Morgan fingerprint density at radius 1 is 1.09 bits per heavy atom. The van der Waals surface area contributed by atoms with Crippen LogP contribution in [-0.2, 0) is 11.2 Å². The zero-order chi connectivity index (χ0) is 16.2. The lowest BCUT2D eigenvalue weighted by molar-refractivity contribution is -0.134. The predicted octanol–water partition coefficient (Wildman–Crippen LogP) is 3.23. The van der Waals surface area contributed by atoms with E-state index in [0.717, 1.165) is 31.4 Å². The van der Waals surface area contributed by atoms with Crippen molar-refractivity contribution in [3.05, 3.63) is 35.6 Å². The van der Waals surface area contributed by atoms with Crippen LogP contribution in [0, 0.1) is 5.82 Å². The predicted molar refractivity (Wildman–Crippen MR) is 89.7 cm³/mol. The van der Waals surface area contributed by atoms with Crippen LogP contribution >= 0.6 is 0 Å². The summed E-state index contributed by atoms with van der Waals surface area (Å²) in [7, 11) is 2.06. The molecule has 3 rings (SSSR count). The molecule has 2 aliphatic carbocycles. The normalized spacial score (nSPS) is 18.6. The minimum atomic E-state index is -0.205. The van der Waals surface area contributed by atoms with Crippen LogP contribution in [0.5, 0.6) is 0 Å². The molecule has 0 saturated heterocycles. The minimum Gasteiger partial charge on any atom is -0.338 e. The van der Waals surface area contributed by atoms with Gasteiger partial charge >= 0.3 is 0 Å². The van der Waals surface area contributed by atoms with Crippen molar-refractivity contribution in [1.29, 1.82) is 0 Å². The van der Waals surface area contributed by atoms with Crippen molar-refractivity contribution in [2.45, 2.75) is 57.0 Å². The zero-order valence-corrected chi connectivity index (χ0v) is 14.0. The van der Waals surface area contributed by atoms with E-state index in [2.05, 4.69) is 16.8 Å². The monoisotopic (exact) mass is 318 g/mol. The van der Waals surface area contributed by atoms with Crippen molar-refractivity contribution < 1.29 is 9.18 Å². The molecule has 1 aromatic carbocycles. The quantitative estimate of drug-likeness (QED) is 0.770. The molecule has 1 aromatic rings. The third kappa shape index (κ3) is 4.54. The van der Waals surface area contributed by atoms with E-state index in [-0.39, 0.29) is 11.7 Å². The number of benzene rings is 1. The Morgan fingerprint density at radius 2 is 1.74 bits per heavy atom. The van der Waals surface area contributed by atoms with Gasteiger partial charge < -0.3 is 4.90 Å². The van der Waals surface area contributed by atoms with Gasteiger partial charge in [0.05, 0.1) is 6.54 Å². The van der Waals surface area contributed by atoms with Crippen LogP contribution in [0.3, 0.4) is 0 Å². The molecule has 0 bridgehead atoms. The molecule has 0 N–H and O–H groups in total. The Balaban J connectivity index is 1.60. The minimum absolute atomic E-state index is 0.205. The van der Waals surface area contributed by atoms with Gasteiger partial charge in [-0.1, -0.05) is 25.0 Å². The molecule has 2 saturated carbocycles. The molecule has 1 amide bonds. The van der Waals surface area contributed by atoms with Gasteiger partial charge in [0.1, 0.15) is 5.82 Å². The molecule has 0 aliphatic heterocycles. The second kappa shape index (κ2) is 7.43. The number of halogens is 1. The van der Waals surface area contributed by atoms with Crippen molar-refractivity contribution >= 4 is 5.91 Å². The summed E-state index contributed by atoms with van der Waals surface area (Å²) in [6, 6.07) is 7.65. The second-order valence-corrected chi connectivity index (χ2v) is 7.05. The second-order valence-electron chi connectivity index (χ2n) is 7.05. The number of amides is 1. The van der Waals surface area contributed by atoms with Crippen LogP contribution in [0.25, 0.3) is 0 Å². The van der Waals surface area contributed by atoms with Gasteiger partial charge in [0, 0.05) is 18.6 Å². The summed E-state index contributed by atoms with van der Waals surface area (Å²) in [6.07, 6.45) is 7.96. The number of hydrogen-bond donors (Lipinski definition) is 0. The van der Waals surface area contributed by atoms with E-state index >= 15 is 0 Å². The number of rotatable bonds is 7. The van der Waals surface area contributed by atoms with Gasteiger partial charge in [0.2, 0.25) is 5.91 Å². The molecule has 0 unspecified atom stereocenters. The standard InChI is InChI=1S/C19H27FN2O/c1-21(17-10-11-17)14-19(23)22(18-4-2-3-5-18)13-12-15-6-8-16(20)9-7-15/h6-9,17-18H,2-5,10-14H2,1H3. The molecule has 0 radical (unpaired) electrons. The van der Waals surface area contributed by atoms with Crippen LogP contribution in [0.1, 0.15) is 44.1 Å². The fourth-order valence-electron chi connectivity index (χ4n) is 3.58. The molecule has 2 aliphatic rings. The van der Waals surface area contributed by atoms with Crippen molar-refractivity contribution in [1.82, 2.24) is 9.80 Å². The molecule has 23 heavy (non-hydrogen) atoms. The first-order valence-corrected chi connectivity index (χ1v) is 8.87. The molecule has 126 valence electrons. The van der Waals surface area contributed by atoms with E-state index in [0.29, 0.717) is 18.6 Å². The van der Waals surface area contributed by atoms with E-state index in [1.807, 2.05) is 12.1 Å². The zero-order valence-electron chi connectivity index (χ0n) is 14.0. The molecule has 0 atom stereocenters. The van der Waals surface area contributed by atoms with Crippen molar-refractivity contribution in [3.8, 4) is 0 Å². The van der Waals surface area contributed by atoms with E-state index in [9.17, 15) is 9.18 Å². The maximum absolute atomic E-state index is 13.0. The average Bonchev–Trinajstić information content (AvgIpc) is 3.26. The molecule has 0 spiro atoms. The first kappa shape index (κ1) is 16.4. The molecule has 0 heterocycles. The highest BCUT2D eigenvalue weighted by Crippen LogP contribution is 2.27. The summed E-state index contributed by atoms with van der Waals surface area (Å²) < 4.78 is 13.0. The lowest BCUT2D eigenvalue weighted by Crippen LogP contribution is -2.45. The smallest absolute Gasteiger partial charge is 0.237 e. The van der Waals surface area contributed by atoms with Crippen LogP contribution in [0.4, 0.5) is 4.39 Å². The lowest BCUT2D eigenvalue weighted by atomic mass is 10.1. The van der Waals surface area contributed by atoms with Crippen molar-refractivity contribution in [3.63, 3.8) is 0 Å². The lowest BCUT2D eigenvalue weighted by Gasteiger charge is -2.31. The number of nitrogens with zero attached hydrogens (tertiary/aromatic N) is 2. The molecule has 0 aromatic heterocycles. The largest absolute Gasteiger partial charge is 0.338 e. The highest BCUT2D eigenvalue weighted by atomic mass is 19.1. The summed E-state index contributed by atoms with van der Waals surface area (Å²) in [5.74, 6) is 0.0527. The summed E-state index contributed by atoms with van der Waals surface area (Å²) in [5.41, 5.74) is 1.10. The van der Waals surface area contributed by atoms with Crippen LogP contribution in [-0.4, -0.2) is 47.9 Å². The molecular weight excluding hydrogens is 291 g/mol. The van der Waals surface area contributed by atoms with Gasteiger partial charge in [-0.15, -0.1) is 0 Å². The Kier molecular flexibility index (Phi) is 5.31. The summed E-state index contributed by atoms with van der Waals surface area (Å²) in [4.78, 5) is 17.1. The average molecular weight is 318 g/mol. The third-order valence-corrected chi connectivity index (χ3v) is 5.20. The van der Waals surface area contributed by atoms with E-state index < -0.39 is 0 Å². The first-order chi connectivity index (χ1) is 11.1. The molecular formula is C19H27FN2O. The van der Waals surface area contributed by atoms with Crippen molar-refractivity contribution in [2.24, 2.45) is 0 Å². The number of likely N-dealkylation sites (N-methyl/N-ethyl adjacent to an activating group) is 1. The fraction of sp³-hybridized carbons (Fsp3) is 0.632. The molecule has 3 nitrogen and oxygen atoms in total. The maximum Gasteiger partial charge on any atom is 0.237 e. The highest BCUT2D eigenvalue weighted by Gasteiger charge is 2.31.